The van der Waals surface area contributed by atoms with Crippen molar-refractivity contribution in [2.45, 2.75) is 13.3 Å². The zero-order valence-electron chi connectivity index (χ0n) is 16.0. The van der Waals surface area contributed by atoms with Crippen LogP contribution in [0.25, 0.3) is 6.08 Å². The normalized spacial score (nSPS) is 16.7. The predicted molar refractivity (Wildman–Crippen MR) is 113 cm³/mol. The molecule has 2 heterocycles. The first-order chi connectivity index (χ1) is 13.9. The average Bonchev–Trinajstić information content (AvgIpc) is 3.21. The quantitative estimate of drug-likeness (QED) is 0.666. The van der Waals surface area contributed by atoms with Gasteiger partial charge in [-0.15, -0.1) is 11.3 Å². The maximum absolute atomic E-state index is 12.6. The summed E-state index contributed by atoms with van der Waals surface area (Å²) >= 11 is 2.70. The molecule has 152 valence electrons. The first kappa shape index (κ1) is 20.9. The van der Waals surface area contributed by atoms with Crippen LogP contribution in [0.15, 0.2) is 33.5 Å². The average molecular weight is 434 g/mol. The van der Waals surface area contributed by atoms with Gasteiger partial charge in [-0.05, 0) is 42.5 Å². The Kier molecular flexibility index (Phi) is 6.55. The number of rotatable bonds is 7. The lowest BCUT2D eigenvalue weighted by molar-refractivity contribution is -0.137. The molecule has 10 heteroatoms. The fourth-order valence-corrected chi connectivity index (χ4v) is 4.11. The van der Waals surface area contributed by atoms with Crippen molar-refractivity contribution in [3.05, 3.63) is 39.7 Å². The van der Waals surface area contributed by atoms with Crippen molar-refractivity contribution < 1.29 is 24.2 Å². The third-order valence-corrected chi connectivity index (χ3v) is 5.77. The third kappa shape index (κ3) is 5.15. The maximum atomic E-state index is 12.6. The number of hydrogen-bond acceptors (Lipinski definition) is 8. The lowest BCUT2D eigenvalue weighted by atomic mass is 10.2. The van der Waals surface area contributed by atoms with E-state index in [2.05, 4.69) is 9.98 Å². The lowest BCUT2D eigenvalue weighted by Gasteiger charge is -2.10. The van der Waals surface area contributed by atoms with Gasteiger partial charge in [-0.25, -0.2) is 4.98 Å². The van der Waals surface area contributed by atoms with Gasteiger partial charge in [0.15, 0.2) is 16.7 Å². The highest BCUT2D eigenvalue weighted by Crippen LogP contribution is 2.35. The van der Waals surface area contributed by atoms with E-state index in [4.69, 9.17) is 14.6 Å². The minimum atomic E-state index is -0.934. The molecule has 1 aliphatic rings. The van der Waals surface area contributed by atoms with Gasteiger partial charge in [-0.1, -0.05) is 6.07 Å². The SMILES string of the molecule is COc1cc(/C=C2/S/C(=N/c3nc(C)cs3)N(C)C2=O)ccc1OCCC(=O)O. The lowest BCUT2D eigenvalue weighted by Crippen LogP contribution is -2.23. The summed E-state index contributed by atoms with van der Waals surface area (Å²) < 4.78 is 10.8. The number of methoxy groups -OCH3 is 1. The molecular formula is C19H19N3O5S2. The van der Waals surface area contributed by atoms with Gasteiger partial charge in [0.1, 0.15) is 0 Å². The first-order valence-electron chi connectivity index (χ1n) is 8.58. The summed E-state index contributed by atoms with van der Waals surface area (Å²) in [4.78, 5) is 34.0. The zero-order chi connectivity index (χ0) is 21.0. The van der Waals surface area contributed by atoms with Crippen molar-refractivity contribution in [2.24, 2.45) is 4.99 Å². The van der Waals surface area contributed by atoms with Gasteiger partial charge in [0, 0.05) is 12.4 Å². The topological polar surface area (TPSA) is 101 Å². The van der Waals surface area contributed by atoms with E-state index in [9.17, 15) is 9.59 Å². The Hall–Kier alpha value is -2.85. The Labute approximate surface area is 175 Å². The molecule has 1 saturated heterocycles. The third-order valence-electron chi connectivity index (χ3n) is 3.86. The molecule has 1 fully saturated rings. The van der Waals surface area contributed by atoms with E-state index in [1.807, 2.05) is 12.3 Å². The number of hydrogen-bond donors (Lipinski definition) is 1. The summed E-state index contributed by atoms with van der Waals surface area (Å²) in [7, 11) is 3.18. The minimum Gasteiger partial charge on any atom is -0.493 e. The number of aliphatic imine (C=N–C) groups is 1. The number of carbonyl (C=O) groups is 2. The Balaban J connectivity index is 1.79. The van der Waals surface area contributed by atoms with Gasteiger partial charge >= 0.3 is 5.97 Å². The molecule has 0 spiro atoms. The van der Waals surface area contributed by atoms with Crippen LogP contribution in [0, 0.1) is 6.92 Å². The van der Waals surface area contributed by atoms with E-state index >= 15 is 0 Å². The summed E-state index contributed by atoms with van der Waals surface area (Å²) in [5.41, 5.74) is 1.64. The van der Waals surface area contributed by atoms with Crippen LogP contribution in [-0.2, 0) is 9.59 Å². The molecule has 1 amide bonds. The highest BCUT2D eigenvalue weighted by Gasteiger charge is 2.30. The number of carbonyl (C=O) groups excluding carboxylic acids is 1. The smallest absolute Gasteiger partial charge is 0.306 e. The van der Waals surface area contributed by atoms with Crippen LogP contribution in [0.1, 0.15) is 17.7 Å². The molecule has 0 unspecified atom stereocenters. The van der Waals surface area contributed by atoms with E-state index in [1.54, 1.807) is 31.3 Å². The summed E-state index contributed by atoms with van der Waals surface area (Å²) in [6.45, 7) is 1.94. The fourth-order valence-electron chi connectivity index (χ4n) is 2.42. The molecule has 3 rings (SSSR count). The number of carboxylic acids is 1. The Morgan fingerprint density at radius 3 is 2.83 bits per heavy atom. The van der Waals surface area contributed by atoms with Crippen molar-refractivity contribution in [2.75, 3.05) is 20.8 Å². The number of carboxylic acid groups (broad SMARTS) is 1. The van der Waals surface area contributed by atoms with Crippen LogP contribution in [0.5, 0.6) is 11.5 Å². The number of amidine groups is 1. The van der Waals surface area contributed by atoms with E-state index in [0.717, 1.165) is 11.3 Å². The van der Waals surface area contributed by atoms with Crippen LogP contribution in [-0.4, -0.2) is 52.8 Å². The Morgan fingerprint density at radius 1 is 1.38 bits per heavy atom. The van der Waals surface area contributed by atoms with Gasteiger partial charge < -0.3 is 14.6 Å². The van der Waals surface area contributed by atoms with Crippen molar-refractivity contribution in [3.63, 3.8) is 0 Å². The Morgan fingerprint density at radius 2 is 2.17 bits per heavy atom. The van der Waals surface area contributed by atoms with Crippen molar-refractivity contribution in [1.29, 1.82) is 0 Å². The van der Waals surface area contributed by atoms with Crippen LogP contribution >= 0.6 is 23.1 Å². The van der Waals surface area contributed by atoms with Crippen LogP contribution in [0.4, 0.5) is 5.13 Å². The van der Waals surface area contributed by atoms with Gasteiger partial charge in [-0.2, -0.15) is 4.99 Å². The molecule has 0 saturated carbocycles. The molecule has 1 aromatic carbocycles. The molecule has 29 heavy (non-hydrogen) atoms. The van der Waals surface area contributed by atoms with Gasteiger partial charge in [0.05, 0.1) is 30.7 Å². The van der Waals surface area contributed by atoms with E-state index in [-0.39, 0.29) is 18.9 Å². The monoisotopic (exact) mass is 433 g/mol. The number of ether oxygens (including phenoxy) is 2. The number of nitrogens with zero attached hydrogens (tertiary/aromatic N) is 3. The zero-order valence-corrected chi connectivity index (χ0v) is 17.7. The number of likely N-dealkylation sites (N-methyl/N-ethyl adjacent to an activating group) is 1. The van der Waals surface area contributed by atoms with Crippen molar-refractivity contribution in [3.8, 4) is 11.5 Å². The molecule has 0 bridgehead atoms. The molecule has 1 aliphatic heterocycles. The van der Waals surface area contributed by atoms with Crippen molar-refractivity contribution in [1.82, 2.24) is 9.88 Å². The van der Waals surface area contributed by atoms with Gasteiger partial charge in [-0.3, -0.25) is 14.5 Å². The van der Waals surface area contributed by atoms with E-state index < -0.39 is 5.97 Å². The number of aliphatic carboxylic acids is 1. The number of aryl methyl sites for hydroxylation is 1. The summed E-state index contributed by atoms with van der Waals surface area (Å²) in [5, 5.41) is 11.8. The molecule has 1 N–H and O–H groups in total. The molecule has 0 aliphatic carbocycles. The summed E-state index contributed by atoms with van der Waals surface area (Å²) in [6.07, 6.45) is 1.65. The summed E-state index contributed by atoms with van der Waals surface area (Å²) in [6, 6.07) is 5.20. The molecule has 8 nitrogen and oxygen atoms in total. The Bertz CT molecular complexity index is 999. The molecule has 2 aromatic rings. The maximum Gasteiger partial charge on any atom is 0.306 e. The highest BCUT2D eigenvalue weighted by molar-refractivity contribution is 8.18. The van der Waals surface area contributed by atoms with Crippen LogP contribution in [0.2, 0.25) is 0 Å². The number of thioether (sulfide) groups is 1. The predicted octanol–water partition coefficient (Wildman–Crippen LogP) is 3.55. The van der Waals surface area contributed by atoms with Crippen LogP contribution < -0.4 is 9.47 Å². The second kappa shape index (κ2) is 9.10. The minimum absolute atomic E-state index is 0.0430. The molecular weight excluding hydrogens is 414 g/mol. The number of benzene rings is 1. The van der Waals surface area contributed by atoms with E-state index in [0.29, 0.717) is 26.7 Å². The number of amides is 1. The second-order valence-corrected chi connectivity index (χ2v) is 7.89. The van der Waals surface area contributed by atoms with Gasteiger partial charge in [0.25, 0.3) is 5.91 Å². The number of thiazole rings is 1. The number of aromatic nitrogens is 1. The molecule has 1 aromatic heterocycles. The standard InChI is InChI=1S/C19H19N3O5S2/c1-11-10-28-18(20-11)21-19-22(2)17(25)15(29-19)9-12-4-5-13(14(8-12)26-3)27-7-6-16(23)24/h4-5,8-10H,6-7H2,1-3H3,(H,23,24)/b15-9+,21-19+. The van der Waals surface area contributed by atoms with Gasteiger partial charge in [0.2, 0.25) is 5.13 Å². The fraction of sp³-hybridized carbons (Fsp3) is 0.263. The molecule has 0 radical (unpaired) electrons. The largest absolute Gasteiger partial charge is 0.493 e. The van der Waals surface area contributed by atoms with E-state index in [1.165, 1.54) is 35.1 Å². The highest BCUT2D eigenvalue weighted by atomic mass is 32.2. The summed E-state index contributed by atoms with van der Waals surface area (Å²) in [5.74, 6) is -0.181. The molecule has 0 atom stereocenters. The van der Waals surface area contributed by atoms with Crippen molar-refractivity contribution >= 4 is 51.4 Å². The van der Waals surface area contributed by atoms with Crippen LogP contribution in [0.3, 0.4) is 0 Å². The first-order valence-corrected chi connectivity index (χ1v) is 10.3. The second-order valence-electron chi connectivity index (χ2n) is 6.04.